The van der Waals surface area contributed by atoms with Gasteiger partial charge in [-0.05, 0) is 53.1 Å². The van der Waals surface area contributed by atoms with Crippen molar-refractivity contribution in [2.24, 2.45) is 0 Å². The Labute approximate surface area is 183 Å². The van der Waals surface area contributed by atoms with Crippen LogP contribution < -0.4 is 14.8 Å². The maximum Gasteiger partial charge on any atom is 0.119 e. The van der Waals surface area contributed by atoms with Crippen molar-refractivity contribution in [3.63, 3.8) is 0 Å². The summed E-state index contributed by atoms with van der Waals surface area (Å²) in [6, 6.07) is 36.8. The van der Waals surface area contributed by atoms with Crippen molar-refractivity contribution in [1.82, 2.24) is 0 Å². The highest BCUT2D eigenvalue weighted by Gasteiger charge is 2.16. The molecular weight excluding hydrogens is 382 g/mol. The lowest BCUT2D eigenvalue weighted by Crippen LogP contribution is -2.04. The van der Waals surface area contributed by atoms with Crippen molar-refractivity contribution >= 4 is 17.0 Å². The van der Waals surface area contributed by atoms with Crippen LogP contribution in [0.15, 0.2) is 109 Å². The summed E-state index contributed by atoms with van der Waals surface area (Å²) in [5.41, 5.74) is 6.28. The lowest BCUT2D eigenvalue weighted by molar-refractivity contribution is 0.414. The Morgan fingerprint density at radius 3 is 1.55 bits per heavy atom. The van der Waals surface area contributed by atoms with Crippen LogP contribution in [-0.4, -0.2) is 14.2 Å². The van der Waals surface area contributed by atoms with E-state index in [2.05, 4.69) is 66.0 Å². The Balaban J connectivity index is 2.01. The molecule has 3 nitrogen and oxygen atoms in total. The molecule has 31 heavy (non-hydrogen) atoms. The first-order chi connectivity index (χ1) is 15.3. The standard InChI is InChI=1S/C28H25NO2/c1-30-25-17-9-13-22(19-25)27(23-14-10-18-26(20-23)31-2)28(21-11-5-3-6-12-21)29-24-15-7-4-8-16-24/h3-20,29H,1-2H3. The number of hydrogen-bond donors (Lipinski definition) is 1. The van der Waals surface area contributed by atoms with Crippen LogP contribution in [0.1, 0.15) is 16.7 Å². The molecule has 154 valence electrons. The lowest BCUT2D eigenvalue weighted by Gasteiger charge is -2.20. The number of ether oxygens (including phenoxy) is 2. The average Bonchev–Trinajstić information content (AvgIpc) is 2.85. The molecule has 1 N–H and O–H groups in total. The third-order valence-corrected chi connectivity index (χ3v) is 5.07. The Morgan fingerprint density at radius 2 is 1.03 bits per heavy atom. The quantitative estimate of drug-likeness (QED) is 0.344. The summed E-state index contributed by atoms with van der Waals surface area (Å²) in [4.78, 5) is 0. The molecule has 0 unspecified atom stereocenters. The Bertz CT molecular complexity index is 1120. The normalized spacial score (nSPS) is 10.3. The minimum atomic E-state index is 0.810. The SMILES string of the molecule is COc1cccc(C(=C(Nc2ccccc2)c2ccccc2)c2cccc(OC)c2)c1. The molecule has 0 aliphatic heterocycles. The fourth-order valence-electron chi connectivity index (χ4n) is 3.56. The zero-order valence-corrected chi connectivity index (χ0v) is 17.7. The largest absolute Gasteiger partial charge is 0.497 e. The molecule has 0 saturated heterocycles. The zero-order chi connectivity index (χ0) is 21.5. The van der Waals surface area contributed by atoms with E-state index in [1.165, 1.54) is 0 Å². The highest BCUT2D eigenvalue weighted by Crippen LogP contribution is 2.35. The molecule has 0 atom stereocenters. The summed E-state index contributed by atoms with van der Waals surface area (Å²) >= 11 is 0. The maximum atomic E-state index is 5.52. The third-order valence-electron chi connectivity index (χ3n) is 5.07. The highest BCUT2D eigenvalue weighted by atomic mass is 16.5. The van der Waals surface area contributed by atoms with Crippen LogP contribution in [0.5, 0.6) is 11.5 Å². The second-order valence-electron chi connectivity index (χ2n) is 7.07. The zero-order valence-electron chi connectivity index (χ0n) is 17.7. The van der Waals surface area contributed by atoms with Gasteiger partial charge in [-0.3, -0.25) is 0 Å². The number of rotatable bonds is 7. The van der Waals surface area contributed by atoms with Crippen molar-refractivity contribution in [2.45, 2.75) is 0 Å². The van der Waals surface area contributed by atoms with E-state index < -0.39 is 0 Å². The van der Waals surface area contributed by atoms with E-state index in [1.807, 2.05) is 48.5 Å². The second kappa shape index (κ2) is 9.68. The van der Waals surface area contributed by atoms with Gasteiger partial charge in [0.2, 0.25) is 0 Å². The fraction of sp³-hybridized carbons (Fsp3) is 0.0714. The summed E-state index contributed by atoms with van der Waals surface area (Å²) in [6.45, 7) is 0. The number of hydrogen-bond acceptors (Lipinski definition) is 3. The first kappa shape index (κ1) is 20.3. The van der Waals surface area contributed by atoms with Gasteiger partial charge in [0, 0.05) is 11.3 Å². The molecule has 4 aromatic carbocycles. The van der Waals surface area contributed by atoms with E-state index >= 15 is 0 Å². The number of nitrogens with one attached hydrogen (secondary N) is 1. The van der Waals surface area contributed by atoms with Crippen LogP contribution >= 0.6 is 0 Å². The molecule has 0 radical (unpaired) electrons. The van der Waals surface area contributed by atoms with Crippen molar-refractivity contribution in [3.8, 4) is 11.5 Å². The molecule has 0 amide bonds. The fourth-order valence-corrected chi connectivity index (χ4v) is 3.56. The molecule has 4 rings (SSSR count). The Hall–Kier alpha value is -3.98. The van der Waals surface area contributed by atoms with Crippen LogP contribution in [0.2, 0.25) is 0 Å². The van der Waals surface area contributed by atoms with Crippen LogP contribution in [0.25, 0.3) is 11.3 Å². The monoisotopic (exact) mass is 407 g/mol. The van der Waals surface area contributed by atoms with E-state index in [9.17, 15) is 0 Å². The van der Waals surface area contributed by atoms with Crippen molar-refractivity contribution in [1.29, 1.82) is 0 Å². The molecule has 0 heterocycles. The van der Waals surface area contributed by atoms with Gasteiger partial charge in [0.05, 0.1) is 19.9 Å². The number of para-hydroxylation sites is 1. The Morgan fingerprint density at radius 1 is 0.548 bits per heavy atom. The summed E-state index contributed by atoms with van der Waals surface area (Å²) < 4.78 is 11.0. The first-order valence-electron chi connectivity index (χ1n) is 10.2. The van der Waals surface area contributed by atoms with Gasteiger partial charge in [0.1, 0.15) is 11.5 Å². The Kier molecular flexibility index (Phi) is 6.34. The van der Waals surface area contributed by atoms with E-state index in [-0.39, 0.29) is 0 Å². The lowest BCUT2D eigenvalue weighted by atomic mass is 9.92. The van der Waals surface area contributed by atoms with Crippen molar-refractivity contribution in [3.05, 3.63) is 126 Å². The second-order valence-corrected chi connectivity index (χ2v) is 7.07. The van der Waals surface area contributed by atoms with Crippen LogP contribution in [-0.2, 0) is 0 Å². The van der Waals surface area contributed by atoms with E-state index in [1.54, 1.807) is 14.2 Å². The van der Waals surface area contributed by atoms with Gasteiger partial charge in [-0.1, -0.05) is 72.8 Å². The summed E-state index contributed by atoms with van der Waals surface area (Å²) in [6.07, 6.45) is 0. The highest BCUT2D eigenvalue weighted by molar-refractivity contribution is 6.02. The van der Waals surface area contributed by atoms with Crippen molar-refractivity contribution < 1.29 is 9.47 Å². The van der Waals surface area contributed by atoms with Crippen molar-refractivity contribution in [2.75, 3.05) is 19.5 Å². The van der Waals surface area contributed by atoms with Gasteiger partial charge in [-0.15, -0.1) is 0 Å². The molecule has 0 aliphatic rings. The number of benzene rings is 4. The van der Waals surface area contributed by atoms with Gasteiger partial charge in [-0.2, -0.15) is 0 Å². The van der Waals surface area contributed by atoms with Crippen LogP contribution in [0, 0.1) is 0 Å². The topological polar surface area (TPSA) is 30.5 Å². The van der Waals surface area contributed by atoms with Crippen LogP contribution in [0.4, 0.5) is 5.69 Å². The molecule has 0 aliphatic carbocycles. The molecule has 0 saturated carbocycles. The molecule has 0 spiro atoms. The molecule has 0 fully saturated rings. The predicted octanol–water partition coefficient (Wildman–Crippen LogP) is 6.73. The minimum absolute atomic E-state index is 0.810. The molecular formula is C28H25NO2. The average molecular weight is 408 g/mol. The van der Waals surface area contributed by atoms with Gasteiger partial charge >= 0.3 is 0 Å². The summed E-state index contributed by atoms with van der Waals surface area (Å²) in [5.74, 6) is 1.62. The van der Waals surface area contributed by atoms with Gasteiger partial charge < -0.3 is 14.8 Å². The summed E-state index contributed by atoms with van der Waals surface area (Å²) in [5, 5.41) is 3.67. The number of anilines is 1. The smallest absolute Gasteiger partial charge is 0.119 e. The van der Waals surface area contributed by atoms with E-state index in [4.69, 9.17) is 9.47 Å². The minimum Gasteiger partial charge on any atom is -0.497 e. The van der Waals surface area contributed by atoms with E-state index in [0.717, 1.165) is 45.1 Å². The first-order valence-corrected chi connectivity index (χ1v) is 10.2. The molecule has 3 heteroatoms. The van der Waals surface area contributed by atoms with E-state index in [0.29, 0.717) is 0 Å². The van der Waals surface area contributed by atoms with Gasteiger partial charge in [0.15, 0.2) is 0 Å². The molecule has 4 aromatic rings. The van der Waals surface area contributed by atoms with Crippen LogP contribution in [0.3, 0.4) is 0 Å². The number of methoxy groups -OCH3 is 2. The summed E-state index contributed by atoms with van der Waals surface area (Å²) in [7, 11) is 3.38. The molecule has 0 aromatic heterocycles. The maximum absolute atomic E-state index is 5.52. The third kappa shape index (κ3) is 4.78. The molecule has 0 bridgehead atoms. The van der Waals surface area contributed by atoms with Gasteiger partial charge in [0.25, 0.3) is 0 Å². The predicted molar refractivity (Wildman–Crippen MR) is 128 cm³/mol. The van der Waals surface area contributed by atoms with Gasteiger partial charge in [-0.25, -0.2) is 0 Å².